The van der Waals surface area contributed by atoms with Crippen LogP contribution in [0, 0.1) is 12.3 Å². The van der Waals surface area contributed by atoms with Crippen LogP contribution < -0.4 is 5.32 Å². The highest BCUT2D eigenvalue weighted by molar-refractivity contribution is 9.10. The molecule has 0 saturated heterocycles. The van der Waals surface area contributed by atoms with Crippen LogP contribution in [0.1, 0.15) is 29.3 Å². The molecule has 0 aliphatic carbocycles. The summed E-state index contributed by atoms with van der Waals surface area (Å²) in [6.07, 6.45) is 1.00. The predicted octanol–water partition coefficient (Wildman–Crippen LogP) is 3.61. The molecule has 1 atom stereocenters. The van der Waals surface area contributed by atoms with E-state index in [1.807, 2.05) is 0 Å². The van der Waals surface area contributed by atoms with Gasteiger partial charge in [-0.1, -0.05) is 28.8 Å². The van der Waals surface area contributed by atoms with E-state index in [0.29, 0.717) is 6.42 Å². The Labute approximate surface area is 117 Å². The number of amides is 1. The molecule has 0 heterocycles. The summed E-state index contributed by atoms with van der Waals surface area (Å²) in [5.74, 6) is 1.47. The molecule has 0 aromatic heterocycles. The van der Waals surface area contributed by atoms with E-state index in [4.69, 9.17) is 6.42 Å². The molecule has 1 aromatic carbocycles. The van der Waals surface area contributed by atoms with Crippen molar-refractivity contribution in [1.29, 1.82) is 0 Å². The Morgan fingerprint density at radius 2 is 2.16 bits per heavy atom. The summed E-state index contributed by atoms with van der Waals surface area (Å²) in [6, 6.07) is 2.77. The van der Waals surface area contributed by atoms with Crippen LogP contribution in [0.4, 0.5) is 13.2 Å². The van der Waals surface area contributed by atoms with Gasteiger partial charge in [-0.15, -0.1) is 6.42 Å². The summed E-state index contributed by atoms with van der Waals surface area (Å²) in [4.78, 5) is 11.8. The van der Waals surface area contributed by atoms with Gasteiger partial charge >= 0.3 is 6.18 Å². The maximum Gasteiger partial charge on any atom is 0.417 e. The zero-order valence-electron chi connectivity index (χ0n) is 10.0. The Kier molecular flexibility index (Phi) is 5.01. The van der Waals surface area contributed by atoms with Gasteiger partial charge in [0.2, 0.25) is 0 Å². The molecule has 102 valence electrons. The van der Waals surface area contributed by atoms with Crippen molar-refractivity contribution in [2.75, 3.05) is 0 Å². The number of terminal acetylenes is 1. The van der Waals surface area contributed by atoms with Gasteiger partial charge in [0.25, 0.3) is 5.91 Å². The van der Waals surface area contributed by atoms with Crippen molar-refractivity contribution in [3.63, 3.8) is 0 Å². The molecule has 0 bridgehead atoms. The van der Waals surface area contributed by atoms with Gasteiger partial charge in [-0.25, -0.2) is 0 Å². The Morgan fingerprint density at radius 1 is 1.53 bits per heavy atom. The van der Waals surface area contributed by atoms with E-state index in [2.05, 4.69) is 27.2 Å². The van der Waals surface area contributed by atoms with Crippen molar-refractivity contribution in [3.05, 3.63) is 33.8 Å². The monoisotopic (exact) mass is 333 g/mol. The molecule has 0 aliphatic heterocycles. The molecule has 0 spiro atoms. The number of nitrogens with one attached hydrogen (secondary N) is 1. The largest absolute Gasteiger partial charge is 0.417 e. The third-order valence-corrected chi connectivity index (χ3v) is 2.94. The quantitative estimate of drug-likeness (QED) is 0.841. The molecule has 1 rings (SSSR count). The van der Waals surface area contributed by atoms with Crippen LogP contribution in [-0.4, -0.2) is 11.9 Å². The van der Waals surface area contributed by atoms with Crippen LogP contribution in [0.25, 0.3) is 0 Å². The summed E-state index contributed by atoms with van der Waals surface area (Å²) >= 11 is 2.95. The summed E-state index contributed by atoms with van der Waals surface area (Å²) < 4.78 is 38.8. The summed E-state index contributed by atoms with van der Waals surface area (Å²) in [5, 5.41) is 2.37. The van der Waals surface area contributed by atoms with E-state index in [1.165, 1.54) is 6.07 Å². The standard InChI is InChI=1S/C13H11BrF3NO/c1-3-9(4-2)18-12(19)10-6-5-8(14)7-11(10)13(15,16)17/h1,5-7,9H,4H2,2H3,(H,18,19). The first-order chi connectivity index (χ1) is 8.79. The molecule has 0 aliphatic rings. The number of rotatable bonds is 3. The summed E-state index contributed by atoms with van der Waals surface area (Å²) in [6.45, 7) is 1.73. The van der Waals surface area contributed by atoms with Crippen molar-refractivity contribution in [2.45, 2.75) is 25.6 Å². The molecule has 1 aromatic rings. The fourth-order valence-corrected chi connectivity index (χ4v) is 1.81. The fourth-order valence-electron chi connectivity index (χ4n) is 1.45. The number of benzene rings is 1. The molecule has 0 saturated carbocycles. The SMILES string of the molecule is C#CC(CC)NC(=O)c1ccc(Br)cc1C(F)(F)F. The summed E-state index contributed by atoms with van der Waals surface area (Å²) in [5.41, 5.74) is -1.43. The van der Waals surface area contributed by atoms with E-state index >= 15 is 0 Å². The topological polar surface area (TPSA) is 29.1 Å². The van der Waals surface area contributed by atoms with Gasteiger partial charge in [0.1, 0.15) is 0 Å². The second-order valence-corrected chi connectivity index (χ2v) is 4.70. The van der Waals surface area contributed by atoms with E-state index < -0.39 is 29.3 Å². The Balaban J connectivity index is 3.14. The van der Waals surface area contributed by atoms with Gasteiger partial charge in [-0.05, 0) is 24.6 Å². The van der Waals surface area contributed by atoms with Gasteiger partial charge in [0, 0.05) is 4.47 Å². The van der Waals surface area contributed by atoms with Crippen LogP contribution in [0.15, 0.2) is 22.7 Å². The van der Waals surface area contributed by atoms with Gasteiger partial charge in [-0.3, -0.25) is 4.79 Å². The molecule has 6 heteroatoms. The van der Waals surface area contributed by atoms with Crippen molar-refractivity contribution >= 4 is 21.8 Å². The first-order valence-electron chi connectivity index (χ1n) is 5.43. The van der Waals surface area contributed by atoms with Gasteiger partial charge < -0.3 is 5.32 Å². The second kappa shape index (κ2) is 6.11. The number of alkyl halides is 3. The van der Waals surface area contributed by atoms with E-state index in [-0.39, 0.29) is 4.47 Å². The zero-order chi connectivity index (χ0) is 14.6. The molecular weight excluding hydrogens is 323 g/mol. The molecule has 0 radical (unpaired) electrons. The van der Waals surface area contributed by atoms with E-state index in [1.54, 1.807) is 6.92 Å². The lowest BCUT2D eigenvalue weighted by molar-refractivity contribution is -0.138. The smallest absolute Gasteiger partial charge is 0.338 e. The number of carbonyl (C=O) groups excluding carboxylic acids is 1. The highest BCUT2D eigenvalue weighted by atomic mass is 79.9. The second-order valence-electron chi connectivity index (χ2n) is 3.79. The van der Waals surface area contributed by atoms with Crippen molar-refractivity contribution in [3.8, 4) is 12.3 Å². The first-order valence-corrected chi connectivity index (χ1v) is 6.22. The highest BCUT2D eigenvalue weighted by Gasteiger charge is 2.35. The molecule has 1 unspecified atom stereocenters. The first kappa shape index (κ1) is 15.6. The van der Waals surface area contributed by atoms with Crippen LogP contribution in [0.5, 0.6) is 0 Å². The normalized spacial score (nSPS) is 12.6. The molecule has 0 fully saturated rings. The lowest BCUT2D eigenvalue weighted by Crippen LogP contribution is -2.34. The minimum atomic E-state index is -4.60. The third-order valence-electron chi connectivity index (χ3n) is 2.45. The third kappa shape index (κ3) is 4.00. The minimum Gasteiger partial charge on any atom is -0.338 e. The molecule has 19 heavy (non-hydrogen) atoms. The van der Waals surface area contributed by atoms with Crippen molar-refractivity contribution < 1.29 is 18.0 Å². The number of hydrogen-bond donors (Lipinski definition) is 1. The number of carbonyl (C=O) groups is 1. The maximum atomic E-state index is 12.8. The maximum absolute atomic E-state index is 12.8. The zero-order valence-corrected chi connectivity index (χ0v) is 11.6. The number of halogens is 4. The lowest BCUT2D eigenvalue weighted by atomic mass is 10.1. The lowest BCUT2D eigenvalue weighted by Gasteiger charge is -2.15. The Hall–Kier alpha value is -1.48. The number of hydrogen-bond acceptors (Lipinski definition) is 1. The Bertz CT molecular complexity index is 520. The van der Waals surface area contributed by atoms with Crippen LogP contribution in [0.3, 0.4) is 0 Å². The highest BCUT2D eigenvalue weighted by Crippen LogP contribution is 2.33. The molecular formula is C13H11BrF3NO. The van der Waals surface area contributed by atoms with Crippen LogP contribution in [-0.2, 0) is 6.18 Å². The van der Waals surface area contributed by atoms with Crippen LogP contribution >= 0.6 is 15.9 Å². The molecule has 1 amide bonds. The van der Waals surface area contributed by atoms with Crippen LogP contribution in [0.2, 0.25) is 0 Å². The van der Waals surface area contributed by atoms with Crippen molar-refractivity contribution in [1.82, 2.24) is 5.32 Å². The minimum absolute atomic E-state index is 0.250. The van der Waals surface area contributed by atoms with E-state index in [9.17, 15) is 18.0 Å². The fraction of sp³-hybridized carbons (Fsp3) is 0.308. The van der Waals surface area contributed by atoms with Gasteiger partial charge in [-0.2, -0.15) is 13.2 Å². The summed E-state index contributed by atoms with van der Waals surface area (Å²) in [7, 11) is 0. The molecule has 2 nitrogen and oxygen atoms in total. The van der Waals surface area contributed by atoms with Gasteiger partial charge in [0.15, 0.2) is 0 Å². The van der Waals surface area contributed by atoms with E-state index in [0.717, 1.165) is 12.1 Å². The average molecular weight is 334 g/mol. The molecule has 1 N–H and O–H groups in total. The van der Waals surface area contributed by atoms with Crippen molar-refractivity contribution in [2.24, 2.45) is 0 Å². The Morgan fingerprint density at radius 3 is 2.63 bits per heavy atom. The average Bonchev–Trinajstić information content (AvgIpc) is 2.34. The van der Waals surface area contributed by atoms with Gasteiger partial charge in [0.05, 0.1) is 17.2 Å². The predicted molar refractivity (Wildman–Crippen MR) is 69.5 cm³/mol.